The lowest BCUT2D eigenvalue weighted by Crippen LogP contribution is -2.64. The van der Waals surface area contributed by atoms with Gasteiger partial charge in [-0.05, 0) is 18.9 Å². The number of anilines is 1. The van der Waals surface area contributed by atoms with Crippen molar-refractivity contribution in [1.29, 1.82) is 0 Å². The number of rotatable bonds is 5. The number of carbonyl (C=O) groups is 1. The third-order valence-electron chi connectivity index (χ3n) is 6.14. The maximum absolute atomic E-state index is 12.3. The number of nitrogens with two attached hydrogens (primary N) is 1. The van der Waals surface area contributed by atoms with Crippen molar-refractivity contribution in [1.82, 2.24) is 19.8 Å². The largest absolute Gasteiger partial charge is 0.379 e. The molecule has 4 heterocycles. The molecule has 1 aromatic rings. The summed E-state index contributed by atoms with van der Waals surface area (Å²) < 4.78 is 10.9. The first-order valence-corrected chi connectivity index (χ1v) is 10.2. The van der Waals surface area contributed by atoms with E-state index in [1.54, 1.807) is 0 Å². The fourth-order valence-electron chi connectivity index (χ4n) is 4.41. The maximum atomic E-state index is 12.3. The van der Waals surface area contributed by atoms with Crippen LogP contribution in [-0.2, 0) is 20.8 Å². The normalized spacial score (nSPS) is 24.2. The van der Waals surface area contributed by atoms with Crippen molar-refractivity contribution in [2.24, 2.45) is 5.73 Å². The Morgan fingerprint density at radius 3 is 2.32 bits per heavy atom. The molecule has 0 aliphatic carbocycles. The van der Waals surface area contributed by atoms with E-state index in [0.29, 0.717) is 13.2 Å². The molecule has 0 aromatic carbocycles. The Morgan fingerprint density at radius 2 is 1.68 bits per heavy atom. The number of hydrogen-bond donors (Lipinski definition) is 1. The van der Waals surface area contributed by atoms with Gasteiger partial charge in [-0.1, -0.05) is 0 Å². The van der Waals surface area contributed by atoms with Gasteiger partial charge < -0.3 is 20.1 Å². The lowest BCUT2D eigenvalue weighted by atomic mass is 9.84. The average molecular weight is 390 g/mol. The van der Waals surface area contributed by atoms with Crippen LogP contribution in [0.4, 0.5) is 5.95 Å². The van der Waals surface area contributed by atoms with Gasteiger partial charge in [-0.3, -0.25) is 14.6 Å². The monoisotopic (exact) mass is 390 g/mol. The number of ether oxygens (including phenoxy) is 2. The SMILES string of the molecule is NC(=O)C1(N2CCOCC2)CCN(Cc2ccnc(N3CCOCC3)n2)CC1. The third-order valence-corrected chi connectivity index (χ3v) is 6.14. The van der Waals surface area contributed by atoms with Gasteiger partial charge in [0.2, 0.25) is 11.9 Å². The van der Waals surface area contributed by atoms with Crippen LogP contribution >= 0.6 is 0 Å². The molecule has 0 spiro atoms. The number of hydrogen-bond acceptors (Lipinski definition) is 8. The Morgan fingerprint density at radius 1 is 1.04 bits per heavy atom. The number of morpholine rings is 2. The number of nitrogens with zero attached hydrogens (tertiary/aromatic N) is 5. The van der Waals surface area contributed by atoms with Gasteiger partial charge >= 0.3 is 0 Å². The molecule has 9 heteroatoms. The zero-order valence-corrected chi connectivity index (χ0v) is 16.4. The molecule has 1 aromatic heterocycles. The number of likely N-dealkylation sites (tertiary alicyclic amines) is 1. The molecule has 0 unspecified atom stereocenters. The number of carbonyl (C=O) groups excluding carboxylic acids is 1. The van der Waals surface area contributed by atoms with Gasteiger partial charge in [-0.15, -0.1) is 0 Å². The van der Waals surface area contributed by atoms with Crippen molar-refractivity contribution in [2.75, 3.05) is 70.6 Å². The smallest absolute Gasteiger partial charge is 0.238 e. The number of aromatic nitrogens is 2. The Hall–Kier alpha value is -1.81. The summed E-state index contributed by atoms with van der Waals surface area (Å²) in [5, 5.41) is 0. The molecule has 2 N–H and O–H groups in total. The van der Waals surface area contributed by atoms with Crippen molar-refractivity contribution in [3.63, 3.8) is 0 Å². The predicted molar refractivity (Wildman–Crippen MR) is 104 cm³/mol. The molecular formula is C19H30N6O3. The van der Waals surface area contributed by atoms with E-state index < -0.39 is 5.54 Å². The molecule has 4 rings (SSSR count). The molecule has 3 aliphatic heterocycles. The fraction of sp³-hybridized carbons (Fsp3) is 0.737. The second-order valence-electron chi connectivity index (χ2n) is 7.72. The molecule has 3 saturated heterocycles. The van der Waals surface area contributed by atoms with Gasteiger partial charge in [-0.25, -0.2) is 9.97 Å². The van der Waals surface area contributed by atoms with Crippen LogP contribution < -0.4 is 10.6 Å². The lowest BCUT2D eigenvalue weighted by molar-refractivity contribution is -0.138. The topological polar surface area (TPSA) is 97.0 Å². The molecule has 154 valence electrons. The molecule has 1 amide bonds. The van der Waals surface area contributed by atoms with Crippen LogP contribution in [0.15, 0.2) is 12.3 Å². The molecule has 3 fully saturated rings. The molecule has 9 nitrogen and oxygen atoms in total. The van der Waals surface area contributed by atoms with Crippen molar-refractivity contribution >= 4 is 11.9 Å². The summed E-state index contributed by atoms with van der Waals surface area (Å²) in [7, 11) is 0. The highest BCUT2D eigenvalue weighted by Crippen LogP contribution is 2.30. The lowest BCUT2D eigenvalue weighted by Gasteiger charge is -2.47. The van der Waals surface area contributed by atoms with E-state index in [1.807, 2.05) is 12.3 Å². The first kappa shape index (κ1) is 19.5. The van der Waals surface area contributed by atoms with Crippen LogP contribution in [0.2, 0.25) is 0 Å². The average Bonchev–Trinajstić information content (AvgIpc) is 2.76. The summed E-state index contributed by atoms with van der Waals surface area (Å²) >= 11 is 0. The minimum Gasteiger partial charge on any atom is -0.379 e. The highest BCUT2D eigenvalue weighted by atomic mass is 16.5. The van der Waals surface area contributed by atoms with Crippen LogP contribution in [0.1, 0.15) is 18.5 Å². The van der Waals surface area contributed by atoms with Crippen LogP contribution in [0, 0.1) is 0 Å². The summed E-state index contributed by atoms with van der Waals surface area (Å²) in [6, 6.07) is 1.97. The summed E-state index contributed by atoms with van der Waals surface area (Å²) in [6.45, 7) is 8.41. The Bertz CT molecular complexity index is 667. The standard InChI is InChI=1S/C19H30N6O3/c20-17(26)19(25-9-13-28-14-10-25)2-5-23(6-3-19)15-16-1-4-21-18(22-16)24-7-11-27-12-8-24/h1,4H,2-3,5-15H2,(H2,20,26). The quantitative estimate of drug-likeness (QED) is 0.716. The summed E-state index contributed by atoms with van der Waals surface area (Å²) in [4.78, 5) is 28.3. The first-order valence-electron chi connectivity index (χ1n) is 10.2. The molecule has 28 heavy (non-hydrogen) atoms. The van der Waals surface area contributed by atoms with Gasteiger partial charge in [0.1, 0.15) is 5.54 Å². The molecule has 0 atom stereocenters. The van der Waals surface area contributed by atoms with E-state index in [1.165, 1.54) is 0 Å². The third kappa shape index (κ3) is 4.12. The van der Waals surface area contributed by atoms with Crippen molar-refractivity contribution in [3.8, 4) is 0 Å². The minimum atomic E-state index is -0.537. The highest BCUT2D eigenvalue weighted by Gasteiger charge is 2.45. The van der Waals surface area contributed by atoms with Gasteiger partial charge in [0.15, 0.2) is 0 Å². The number of primary amides is 1. The van der Waals surface area contributed by atoms with Crippen molar-refractivity contribution in [3.05, 3.63) is 18.0 Å². The van der Waals surface area contributed by atoms with Crippen LogP contribution in [0.25, 0.3) is 0 Å². The number of piperidine rings is 1. The zero-order valence-electron chi connectivity index (χ0n) is 16.4. The number of amides is 1. The molecule has 0 saturated carbocycles. The highest BCUT2D eigenvalue weighted by molar-refractivity contribution is 5.84. The first-order chi connectivity index (χ1) is 13.7. The van der Waals surface area contributed by atoms with E-state index in [-0.39, 0.29) is 5.91 Å². The predicted octanol–water partition coefficient (Wildman–Crippen LogP) is -0.535. The van der Waals surface area contributed by atoms with E-state index in [4.69, 9.17) is 20.2 Å². The Balaban J connectivity index is 1.38. The van der Waals surface area contributed by atoms with Crippen molar-refractivity contribution in [2.45, 2.75) is 24.9 Å². The summed E-state index contributed by atoms with van der Waals surface area (Å²) in [5.74, 6) is 0.572. The minimum absolute atomic E-state index is 0.203. The van der Waals surface area contributed by atoms with Gasteiger partial charge in [-0.2, -0.15) is 0 Å². The van der Waals surface area contributed by atoms with Crippen LogP contribution in [0.5, 0.6) is 0 Å². The Kier molecular flexibility index (Phi) is 6.05. The molecule has 3 aliphatic rings. The van der Waals surface area contributed by atoms with E-state index in [9.17, 15) is 4.79 Å². The fourth-order valence-corrected chi connectivity index (χ4v) is 4.41. The van der Waals surface area contributed by atoms with E-state index in [0.717, 1.165) is 83.5 Å². The summed E-state index contributed by atoms with van der Waals surface area (Å²) in [6.07, 6.45) is 3.34. The van der Waals surface area contributed by atoms with Gasteiger partial charge in [0, 0.05) is 52.0 Å². The van der Waals surface area contributed by atoms with Crippen LogP contribution in [0.3, 0.4) is 0 Å². The van der Waals surface area contributed by atoms with Crippen LogP contribution in [-0.4, -0.2) is 96.9 Å². The van der Waals surface area contributed by atoms with Gasteiger partial charge in [0.05, 0.1) is 32.1 Å². The molecule has 0 radical (unpaired) electrons. The molecular weight excluding hydrogens is 360 g/mol. The second-order valence-corrected chi connectivity index (χ2v) is 7.72. The summed E-state index contributed by atoms with van der Waals surface area (Å²) in [5.41, 5.74) is 6.33. The zero-order chi connectivity index (χ0) is 19.4. The Labute approximate surface area is 165 Å². The second kappa shape index (κ2) is 8.69. The van der Waals surface area contributed by atoms with Crippen molar-refractivity contribution < 1.29 is 14.3 Å². The van der Waals surface area contributed by atoms with E-state index >= 15 is 0 Å². The maximum Gasteiger partial charge on any atom is 0.238 e. The van der Waals surface area contributed by atoms with E-state index in [2.05, 4.69) is 19.7 Å². The molecule has 0 bridgehead atoms. The van der Waals surface area contributed by atoms with Gasteiger partial charge in [0.25, 0.3) is 0 Å².